The summed E-state index contributed by atoms with van der Waals surface area (Å²) in [5.74, 6) is 5.20. The Morgan fingerprint density at radius 2 is 2.20 bits per heavy atom. The number of esters is 1. The van der Waals surface area contributed by atoms with Crippen molar-refractivity contribution < 1.29 is 14.6 Å². The minimum Gasteiger partial charge on any atom is -0.460 e. The smallest absolute Gasteiger partial charge is 0.310 e. The van der Waals surface area contributed by atoms with Crippen molar-refractivity contribution in [2.24, 2.45) is 11.8 Å². The number of carbonyl (C=O) groups excluding carboxylic acids is 1. The molecule has 0 radical (unpaired) electrons. The van der Waals surface area contributed by atoms with E-state index in [0.717, 1.165) is 0 Å². The van der Waals surface area contributed by atoms with E-state index < -0.39 is 5.60 Å². The van der Waals surface area contributed by atoms with Crippen molar-refractivity contribution in [2.45, 2.75) is 38.8 Å². The second-order valence-electron chi connectivity index (χ2n) is 5.00. The van der Waals surface area contributed by atoms with Crippen LogP contribution in [0.4, 0.5) is 0 Å². The van der Waals surface area contributed by atoms with Crippen LogP contribution in [0.5, 0.6) is 0 Å². The van der Waals surface area contributed by atoms with Crippen molar-refractivity contribution in [3.8, 4) is 0 Å². The molecule has 0 amide bonds. The Hall–Kier alpha value is -0.650. The summed E-state index contributed by atoms with van der Waals surface area (Å²) >= 11 is 0. The van der Waals surface area contributed by atoms with Crippen molar-refractivity contribution >= 4 is 5.97 Å². The lowest BCUT2D eigenvalue weighted by atomic mass is 10.1. The summed E-state index contributed by atoms with van der Waals surface area (Å²) in [6.07, 6.45) is 0.571. The van der Waals surface area contributed by atoms with E-state index in [0.29, 0.717) is 13.0 Å². The van der Waals surface area contributed by atoms with E-state index in [9.17, 15) is 4.79 Å². The number of nitrogens with zero attached hydrogens (tertiary/aromatic N) is 1. The normalized spacial score (nSPS) is 28.1. The highest BCUT2D eigenvalue weighted by Crippen LogP contribution is 2.23. The fraction of sp³-hybridized carbons (Fsp3) is 0.900. The molecule has 1 saturated heterocycles. The van der Waals surface area contributed by atoms with Gasteiger partial charge in [-0.3, -0.25) is 10.6 Å². The summed E-state index contributed by atoms with van der Waals surface area (Å²) in [5, 5.41) is 10.5. The van der Waals surface area contributed by atoms with E-state index in [1.165, 1.54) is 5.01 Å². The lowest BCUT2D eigenvalue weighted by molar-refractivity contribution is -0.159. The molecule has 88 valence electrons. The molecule has 0 spiro atoms. The lowest BCUT2D eigenvalue weighted by Crippen LogP contribution is -2.38. The summed E-state index contributed by atoms with van der Waals surface area (Å²) < 4.78 is 5.26. The predicted molar refractivity (Wildman–Crippen MR) is 55.7 cm³/mol. The van der Waals surface area contributed by atoms with Crippen LogP contribution in [0.2, 0.25) is 0 Å². The topological polar surface area (TPSA) is 75.8 Å². The number of hydrazine groups is 1. The molecule has 0 saturated carbocycles. The predicted octanol–water partition coefficient (Wildman–Crippen LogP) is -0.115. The second kappa shape index (κ2) is 4.47. The van der Waals surface area contributed by atoms with Crippen molar-refractivity contribution in [3.63, 3.8) is 0 Å². The van der Waals surface area contributed by atoms with Gasteiger partial charge in [0, 0.05) is 12.6 Å². The van der Waals surface area contributed by atoms with E-state index in [2.05, 4.69) is 0 Å². The number of carbonyl (C=O) groups is 1. The van der Waals surface area contributed by atoms with Crippen LogP contribution in [0.25, 0.3) is 0 Å². The van der Waals surface area contributed by atoms with Crippen molar-refractivity contribution in [1.82, 2.24) is 5.01 Å². The quantitative estimate of drug-likeness (QED) is 0.497. The number of hydrogen-bond acceptors (Lipinski definition) is 5. The molecule has 1 fully saturated rings. The Labute approximate surface area is 90.2 Å². The molecule has 1 heterocycles. The molecule has 1 rings (SSSR count). The molecule has 0 unspecified atom stereocenters. The maximum absolute atomic E-state index is 11.7. The monoisotopic (exact) mass is 216 g/mol. The van der Waals surface area contributed by atoms with Crippen LogP contribution in [-0.2, 0) is 9.53 Å². The molecular formula is C10H20N2O3. The summed E-state index contributed by atoms with van der Waals surface area (Å²) in [6.45, 7) is 5.95. The van der Waals surface area contributed by atoms with Gasteiger partial charge in [-0.15, -0.1) is 0 Å². The van der Waals surface area contributed by atoms with Crippen LogP contribution in [0.1, 0.15) is 27.2 Å². The molecule has 0 bridgehead atoms. The first-order chi connectivity index (χ1) is 6.83. The maximum atomic E-state index is 11.7. The second-order valence-corrected chi connectivity index (χ2v) is 5.00. The Morgan fingerprint density at radius 1 is 1.60 bits per heavy atom. The van der Waals surface area contributed by atoms with Gasteiger partial charge in [-0.05, 0) is 27.2 Å². The van der Waals surface area contributed by atoms with Gasteiger partial charge < -0.3 is 9.84 Å². The molecule has 0 aromatic carbocycles. The fourth-order valence-electron chi connectivity index (χ4n) is 1.68. The van der Waals surface area contributed by atoms with Gasteiger partial charge in [0.15, 0.2) is 0 Å². The van der Waals surface area contributed by atoms with Gasteiger partial charge in [-0.25, -0.2) is 5.01 Å². The summed E-state index contributed by atoms with van der Waals surface area (Å²) in [7, 11) is 0. The van der Waals surface area contributed by atoms with Crippen LogP contribution in [0, 0.1) is 5.92 Å². The van der Waals surface area contributed by atoms with Crippen LogP contribution in [-0.4, -0.2) is 40.9 Å². The Kier molecular flexibility index (Phi) is 3.70. The number of aliphatic hydroxyl groups is 1. The third-order valence-corrected chi connectivity index (χ3v) is 2.41. The van der Waals surface area contributed by atoms with Crippen molar-refractivity contribution in [1.29, 1.82) is 0 Å². The van der Waals surface area contributed by atoms with Gasteiger partial charge in [-0.2, -0.15) is 0 Å². The summed E-state index contributed by atoms with van der Waals surface area (Å²) in [5.41, 5.74) is -0.464. The maximum Gasteiger partial charge on any atom is 0.310 e. The van der Waals surface area contributed by atoms with Crippen LogP contribution in [0.15, 0.2) is 0 Å². The first-order valence-corrected chi connectivity index (χ1v) is 5.18. The zero-order chi connectivity index (χ0) is 11.6. The van der Waals surface area contributed by atoms with Gasteiger partial charge in [0.2, 0.25) is 0 Å². The average Bonchev–Trinajstić information content (AvgIpc) is 2.43. The van der Waals surface area contributed by atoms with Gasteiger partial charge >= 0.3 is 5.97 Å². The number of nitrogens with two attached hydrogens (primary N) is 1. The average molecular weight is 216 g/mol. The molecule has 3 N–H and O–H groups in total. The van der Waals surface area contributed by atoms with E-state index in [-0.39, 0.29) is 24.5 Å². The summed E-state index contributed by atoms with van der Waals surface area (Å²) in [4.78, 5) is 11.7. The largest absolute Gasteiger partial charge is 0.460 e. The molecule has 15 heavy (non-hydrogen) atoms. The zero-order valence-corrected chi connectivity index (χ0v) is 9.56. The standard InChI is InChI=1S/C10H20N2O3/c1-10(2,3)15-9(14)7-4-8(6-13)12(11)5-7/h7-8,13H,4-6,11H2,1-3H3/t7-,8-/m0/s1. The lowest BCUT2D eigenvalue weighted by Gasteiger charge is -2.21. The Morgan fingerprint density at radius 3 is 2.60 bits per heavy atom. The van der Waals surface area contributed by atoms with Gasteiger partial charge in [0.1, 0.15) is 5.60 Å². The number of hydrogen-bond donors (Lipinski definition) is 2. The van der Waals surface area contributed by atoms with E-state index in [4.69, 9.17) is 15.7 Å². The van der Waals surface area contributed by atoms with E-state index in [1.807, 2.05) is 20.8 Å². The van der Waals surface area contributed by atoms with Gasteiger partial charge in [0.25, 0.3) is 0 Å². The zero-order valence-electron chi connectivity index (χ0n) is 9.56. The van der Waals surface area contributed by atoms with Gasteiger partial charge in [0.05, 0.1) is 12.5 Å². The molecule has 0 aromatic rings. The molecular weight excluding hydrogens is 196 g/mol. The fourth-order valence-corrected chi connectivity index (χ4v) is 1.68. The highest BCUT2D eigenvalue weighted by atomic mass is 16.6. The molecule has 5 heteroatoms. The molecule has 1 aliphatic heterocycles. The van der Waals surface area contributed by atoms with E-state index in [1.54, 1.807) is 0 Å². The number of aliphatic hydroxyl groups excluding tert-OH is 1. The SMILES string of the molecule is CC(C)(C)OC(=O)[C@H]1C[C@@H](CO)N(N)C1. The van der Waals surface area contributed by atoms with Crippen LogP contribution < -0.4 is 5.84 Å². The number of ether oxygens (including phenoxy) is 1. The van der Waals surface area contributed by atoms with Gasteiger partial charge in [-0.1, -0.05) is 0 Å². The third-order valence-electron chi connectivity index (χ3n) is 2.41. The van der Waals surface area contributed by atoms with Crippen LogP contribution in [0.3, 0.4) is 0 Å². The Balaban J connectivity index is 2.50. The Bertz CT molecular complexity index is 237. The molecule has 0 aromatic heterocycles. The molecule has 1 aliphatic rings. The highest BCUT2D eigenvalue weighted by molar-refractivity contribution is 5.73. The minimum atomic E-state index is -0.464. The van der Waals surface area contributed by atoms with E-state index >= 15 is 0 Å². The third kappa shape index (κ3) is 3.44. The summed E-state index contributed by atoms with van der Waals surface area (Å²) in [6, 6.07) is -0.123. The van der Waals surface area contributed by atoms with Crippen molar-refractivity contribution in [2.75, 3.05) is 13.2 Å². The molecule has 5 nitrogen and oxygen atoms in total. The molecule has 0 aliphatic carbocycles. The highest BCUT2D eigenvalue weighted by Gasteiger charge is 2.36. The minimum absolute atomic E-state index is 0.0181. The first-order valence-electron chi connectivity index (χ1n) is 5.18. The first kappa shape index (κ1) is 12.4. The van der Waals surface area contributed by atoms with Crippen LogP contribution >= 0.6 is 0 Å². The van der Waals surface area contributed by atoms with Crippen molar-refractivity contribution in [3.05, 3.63) is 0 Å². The number of rotatable bonds is 2. The molecule has 2 atom stereocenters.